The molecule has 1 heterocycles. The topological polar surface area (TPSA) is 58.9 Å². The summed E-state index contributed by atoms with van der Waals surface area (Å²) in [6.45, 7) is 2.15. The lowest BCUT2D eigenvalue weighted by Gasteiger charge is -2.13. The Kier molecular flexibility index (Phi) is 5.92. The SMILES string of the molecule is CCCCSC[C@H]1O[C@H](OC)[C@@H](O)[C@@H]1O. The molecule has 0 spiro atoms. The van der Waals surface area contributed by atoms with Crippen LogP contribution in [0.4, 0.5) is 0 Å². The largest absolute Gasteiger partial charge is 0.387 e. The normalized spacial score (nSPS) is 36.0. The molecule has 1 fully saturated rings. The molecule has 0 saturated carbocycles. The van der Waals surface area contributed by atoms with E-state index in [0.29, 0.717) is 5.75 Å². The number of unbranched alkanes of at least 4 members (excludes halogenated alkanes) is 1. The first-order chi connectivity index (χ1) is 7.20. The monoisotopic (exact) mass is 236 g/mol. The Morgan fingerprint density at radius 1 is 1.33 bits per heavy atom. The second-order valence-electron chi connectivity index (χ2n) is 3.69. The zero-order valence-electron chi connectivity index (χ0n) is 9.26. The number of hydrogen-bond acceptors (Lipinski definition) is 5. The van der Waals surface area contributed by atoms with E-state index in [4.69, 9.17) is 9.47 Å². The van der Waals surface area contributed by atoms with E-state index in [1.165, 1.54) is 20.0 Å². The van der Waals surface area contributed by atoms with Gasteiger partial charge in [0, 0.05) is 12.9 Å². The van der Waals surface area contributed by atoms with E-state index in [2.05, 4.69) is 6.92 Å². The van der Waals surface area contributed by atoms with Crippen LogP contribution in [0, 0.1) is 0 Å². The van der Waals surface area contributed by atoms with E-state index in [1.807, 2.05) is 0 Å². The molecule has 0 aromatic heterocycles. The van der Waals surface area contributed by atoms with Crippen LogP contribution in [0.5, 0.6) is 0 Å². The summed E-state index contributed by atoms with van der Waals surface area (Å²) in [6, 6.07) is 0. The van der Waals surface area contributed by atoms with Gasteiger partial charge in [0.05, 0.1) is 6.10 Å². The van der Waals surface area contributed by atoms with Gasteiger partial charge in [0.25, 0.3) is 0 Å². The summed E-state index contributed by atoms with van der Waals surface area (Å²) >= 11 is 1.74. The molecule has 5 heteroatoms. The van der Waals surface area contributed by atoms with Crippen molar-refractivity contribution in [2.24, 2.45) is 0 Å². The molecule has 0 unspecified atom stereocenters. The Labute approximate surface area is 95.0 Å². The molecule has 0 aliphatic carbocycles. The predicted molar refractivity (Wildman–Crippen MR) is 59.9 cm³/mol. The highest BCUT2D eigenvalue weighted by Crippen LogP contribution is 2.24. The van der Waals surface area contributed by atoms with Gasteiger partial charge in [-0.05, 0) is 12.2 Å². The standard InChI is InChI=1S/C10H20O4S/c1-3-4-5-15-6-7-8(11)9(12)10(13-2)14-7/h7-12H,3-6H2,1-2H3/t7-,8-,9+,10+/m1/s1. The summed E-state index contributed by atoms with van der Waals surface area (Å²) in [5, 5.41) is 19.2. The molecule has 0 bridgehead atoms. The van der Waals surface area contributed by atoms with Crippen molar-refractivity contribution in [3.8, 4) is 0 Å². The second kappa shape index (κ2) is 6.70. The van der Waals surface area contributed by atoms with Gasteiger partial charge in [0.15, 0.2) is 6.29 Å². The number of ether oxygens (including phenoxy) is 2. The van der Waals surface area contributed by atoms with Crippen LogP contribution in [0.3, 0.4) is 0 Å². The average molecular weight is 236 g/mol. The Morgan fingerprint density at radius 3 is 2.60 bits per heavy atom. The summed E-state index contributed by atoms with van der Waals surface area (Å²) in [4.78, 5) is 0. The number of hydrogen-bond donors (Lipinski definition) is 2. The third-order valence-electron chi connectivity index (χ3n) is 2.48. The third-order valence-corrected chi connectivity index (χ3v) is 3.62. The lowest BCUT2D eigenvalue weighted by molar-refractivity contribution is -0.145. The molecule has 1 rings (SSSR count). The van der Waals surface area contributed by atoms with Gasteiger partial charge in [-0.2, -0.15) is 11.8 Å². The maximum absolute atomic E-state index is 9.65. The van der Waals surface area contributed by atoms with E-state index < -0.39 is 18.5 Å². The second-order valence-corrected chi connectivity index (χ2v) is 4.84. The summed E-state index contributed by atoms with van der Waals surface area (Å²) in [5.74, 6) is 1.77. The Balaban J connectivity index is 2.25. The molecule has 4 atom stereocenters. The molecule has 1 aliphatic heterocycles. The number of aliphatic hydroxyl groups is 2. The first-order valence-electron chi connectivity index (χ1n) is 5.32. The van der Waals surface area contributed by atoms with Crippen molar-refractivity contribution in [3.63, 3.8) is 0 Å². The van der Waals surface area contributed by atoms with Gasteiger partial charge >= 0.3 is 0 Å². The van der Waals surface area contributed by atoms with Crippen molar-refractivity contribution in [2.75, 3.05) is 18.6 Å². The van der Waals surface area contributed by atoms with Gasteiger partial charge in [-0.15, -0.1) is 0 Å². The lowest BCUT2D eigenvalue weighted by Crippen LogP contribution is -2.33. The van der Waals surface area contributed by atoms with Crippen LogP contribution in [0.25, 0.3) is 0 Å². The molecule has 0 amide bonds. The summed E-state index contributed by atoms with van der Waals surface area (Å²) < 4.78 is 10.3. The van der Waals surface area contributed by atoms with E-state index >= 15 is 0 Å². The molecule has 2 N–H and O–H groups in total. The van der Waals surface area contributed by atoms with Crippen LogP contribution < -0.4 is 0 Å². The lowest BCUT2D eigenvalue weighted by atomic mass is 10.2. The van der Waals surface area contributed by atoms with E-state index in [9.17, 15) is 10.2 Å². The maximum Gasteiger partial charge on any atom is 0.186 e. The Morgan fingerprint density at radius 2 is 2.07 bits per heavy atom. The highest BCUT2D eigenvalue weighted by atomic mass is 32.2. The number of methoxy groups -OCH3 is 1. The predicted octanol–water partition coefficient (Wildman–Crippen LogP) is 0.613. The molecular formula is C10H20O4S. The third kappa shape index (κ3) is 3.60. The first-order valence-corrected chi connectivity index (χ1v) is 6.48. The quantitative estimate of drug-likeness (QED) is 0.662. The molecule has 4 nitrogen and oxygen atoms in total. The maximum atomic E-state index is 9.65. The molecule has 1 saturated heterocycles. The van der Waals surface area contributed by atoms with Crippen LogP contribution in [0.15, 0.2) is 0 Å². The molecular weight excluding hydrogens is 216 g/mol. The molecule has 90 valence electrons. The summed E-state index contributed by atoms with van der Waals surface area (Å²) in [6.07, 6.45) is -0.409. The van der Waals surface area contributed by atoms with Gasteiger partial charge in [0.2, 0.25) is 0 Å². The van der Waals surface area contributed by atoms with Gasteiger partial charge in [-0.25, -0.2) is 0 Å². The minimum atomic E-state index is -0.924. The highest BCUT2D eigenvalue weighted by Gasteiger charge is 2.42. The first kappa shape index (κ1) is 13.3. The van der Waals surface area contributed by atoms with Crippen molar-refractivity contribution in [1.29, 1.82) is 0 Å². The van der Waals surface area contributed by atoms with E-state index in [0.717, 1.165) is 5.75 Å². The average Bonchev–Trinajstić information content (AvgIpc) is 2.52. The summed E-state index contributed by atoms with van der Waals surface area (Å²) in [5.41, 5.74) is 0. The number of rotatable bonds is 6. The van der Waals surface area contributed by atoms with Crippen LogP contribution in [0.1, 0.15) is 19.8 Å². The van der Waals surface area contributed by atoms with Gasteiger partial charge in [0.1, 0.15) is 12.2 Å². The van der Waals surface area contributed by atoms with Crippen molar-refractivity contribution >= 4 is 11.8 Å². The smallest absolute Gasteiger partial charge is 0.186 e. The highest BCUT2D eigenvalue weighted by molar-refractivity contribution is 7.99. The van der Waals surface area contributed by atoms with Crippen molar-refractivity contribution < 1.29 is 19.7 Å². The van der Waals surface area contributed by atoms with Crippen LogP contribution in [-0.4, -0.2) is 53.4 Å². The zero-order valence-corrected chi connectivity index (χ0v) is 10.1. The molecule has 0 aromatic rings. The van der Waals surface area contributed by atoms with Crippen LogP contribution in [-0.2, 0) is 9.47 Å². The fourth-order valence-electron chi connectivity index (χ4n) is 1.49. The van der Waals surface area contributed by atoms with Crippen molar-refractivity contribution in [2.45, 2.75) is 44.4 Å². The van der Waals surface area contributed by atoms with Crippen LogP contribution >= 0.6 is 11.8 Å². The fraction of sp³-hybridized carbons (Fsp3) is 1.00. The molecule has 15 heavy (non-hydrogen) atoms. The van der Waals surface area contributed by atoms with Crippen molar-refractivity contribution in [3.05, 3.63) is 0 Å². The van der Waals surface area contributed by atoms with E-state index in [-0.39, 0.29) is 6.10 Å². The van der Waals surface area contributed by atoms with E-state index in [1.54, 1.807) is 11.8 Å². The minimum absolute atomic E-state index is 0.313. The van der Waals surface area contributed by atoms with Crippen molar-refractivity contribution in [1.82, 2.24) is 0 Å². The van der Waals surface area contributed by atoms with Gasteiger partial charge in [-0.3, -0.25) is 0 Å². The Hall–Kier alpha value is 0.190. The minimum Gasteiger partial charge on any atom is -0.387 e. The Bertz CT molecular complexity index is 179. The number of thioether (sulfide) groups is 1. The van der Waals surface area contributed by atoms with Gasteiger partial charge < -0.3 is 19.7 Å². The summed E-state index contributed by atoms with van der Waals surface area (Å²) in [7, 11) is 1.47. The molecule has 0 radical (unpaired) electrons. The van der Waals surface area contributed by atoms with Gasteiger partial charge in [-0.1, -0.05) is 13.3 Å². The van der Waals surface area contributed by atoms with Crippen LogP contribution in [0.2, 0.25) is 0 Å². The molecule has 0 aromatic carbocycles. The zero-order chi connectivity index (χ0) is 11.3. The number of aliphatic hydroxyl groups excluding tert-OH is 2. The fourth-order valence-corrected chi connectivity index (χ4v) is 2.66. The molecule has 1 aliphatic rings.